The van der Waals surface area contributed by atoms with E-state index >= 15 is 0 Å². The van der Waals surface area contributed by atoms with Gasteiger partial charge >= 0.3 is 6.09 Å². The Labute approximate surface area is 181 Å². The molecule has 2 N–H and O–H groups in total. The molecule has 0 unspecified atom stereocenters. The second-order valence-electron chi connectivity index (χ2n) is 7.01. The highest BCUT2D eigenvalue weighted by Gasteiger charge is 2.51. The number of benzene rings is 1. The van der Waals surface area contributed by atoms with Gasteiger partial charge in [-0.1, -0.05) is 40.5 Å². The number of nitrogens with zero attached hydrogens (tertiary/aromatic N) is 3. The summed E-state index contributed by atoms with van der Waals surface area (Å²) in [6, 6.07) is 5.87. The second-order valence-corrected chi connectivity index (χ2v) is 8.11. The Bertz CT molecular complexity index is 922. The van der Waals surface area contributed by atoms with Crippen molar-refractivity contribution in [1.82, 2.24) is 20.4 Å². The first-order chi connectivity index (χ1) is 14.1. The standard InChI is InChI=1S/C18H19Cl2FN4O5/c1-18(2)25(16(26)14(19)20)11(7-21)13(29-18)9-3-5-10(6-4-9)15-23-12(24-30-15)8-22-17(27)28/h3-6,11,13-14,22H,7-8H2,1-2H3,(H,27,28)/t11-,13-/m1/s1. The van der Waals surface area contributed by atoms with Crippen molar-refractivity contribution in [3.05, 3.63) is 35.7 Å². The van der Waals surface area contributed by atoms with Crippen LogP contribution in [0, 0.1) is 0 Å². The van der Waals surface area contributed by atoms with E-state index in [9.17, 15) is 14.0 Å². The molecule has 1 aliphatic heterocycles. The van der Waals surface area contributed by atoms with Crippen LogP contribution in [0.3, 0.4) is 0 Å². The van der Waals surface area contributed by atoms with Crippen molar-refractivity contribution in [3.63, 3.8) is 0 Å². The molecule has 0 bridgehead atoms. The fourth-order valence-electron chi connectivity index (χ4n) is 3.37. The quantitative estimate of drug-likeness (QED) is 0.634. The van der Waals surface area contributed by atoms with Crippen LogP contribution in [0.2, 0.25) is 0 Å². The lowest BCUT2D eigenvalue weighted by Crippen LogP contribution is -2.50. The summed E-state index contributed by atoms with van der Waals surface area (Å²) in [5, 5.41) is 14.5. The molecule has 0 saturated carbocycles. The van der Waals surface area contributed by atoms with Gasteiger partial charge in [0.05, 0.1) is 12.6 Å². The Kier molecular flexibility index (Phi) is 6.49. The predicted molar refractivity (Wildman–Crippen MR) is 105 cm³/mol. The number of hydrogen-bond acceptors (Lipinski definition) is 6. The molecule has 9 nitrogen and oxygen atoms in total. The molecule has 1 aliphatic rings. The highest BCUT2D eigenvalue weighted by atomic mass is 35.5. The average molecular weight is 461 g/mol. The fraction of sp³-hybridized carbons (Fsp3) is 0.444. The maximum Gasteiger partial charge on any atom is 0.405 e. The molecule has 0 spiro atoms. The SMILES string of the molecule is CC1(C)O[C@H](c2ccc(-c3nc(CNC(=O)O)no3)cc2)[C@@H](CF)N1C(=O)C(Cl)Cl. The zero-order valence-electron chi connectivity index (χ0n) is 16.0. The van der Waals surface area contributed by atoms with Gasteiger partial charge < -0.3 is 24.6 Å². The fourth-order valence-corrected chi connectivity index (χ4v) is 3.58. The molecule has 162 valence electrons. The van der Waals surface area contributed by atoms with Crippen molar-refractivity contribution in [1.29, 1.82) is 0 Å². The lowest BCUT2D eigenvalue weighted by Gasteiger charge is -2.33. The first-order valence-electron chi connectivity index (χ1n) is 8.89. The minimum absolute atomic E-state index is 0.0912. The summed E-state index contributed by atoms with van der Waals surface area (Å²) in [7, 11) is 0. The Morgan fingerprint density at radius 1 is 1.33 bits per heavy atom. The molecule has 2 atom stereocenters. The molecule has 2 heterocycles. The van der Waals surface area contributed by atoms with Crippen LogP contribution in [0.15, 0.2) is 28.8 Å². The van der Waals surface area contributed by atoms with Crippen LogP contribution in [-0.2, 0) is 16.1 Å². The topological polar surface area (TPSA) is 118 Å². The summed E-state index contributed by atoms with van der Waals surface area (Å²) in [5.41, 5.74) is 0.117. The predicted octanol–water partition coefficient (Wildman–Crippen LogP) is 3.28. The van der Waals surface area contributed by atoms with E-state index in [1.54, 1.807) is 38.1 Å². The minimum atomic E-state index is -1.33. The molecule has 1 saturated heterocycles. The zero-order valence-corrected chi connectivity index (χ0v) is 17.5. The van der Waals surface area contributed by atoms with Gasteiger partial charge in [-0.05, 0) is 31.5 Å². The van der Waals surface area contributed by atoms with Gasteiger partial charge in [0.15, 0.2) is 10.7 Å². The number of carbonyl (C=O) groups excluding carboxylic acids is 1. The summed E-state index contributed by atoms with van der Waals surface area (Å²) >= 11 is 11.4. The van der Waals surface area contributed by atoms with E-state index in [0.717, 1.165) is 0 Å². The van der Waals surface area contributed by atoms with E-state index in [1.807, 2.05) is 0 Å². The van der Waals surface area contributed by atoms with Crippen LogP contribution < -0.4 is 5.32 Å². The van der Waals surface area contributed by atoms with E-state index in [-0.39, 0.29) is 18.3 Å². The van der Waals surface area contributed by atoms with Crippen LogP contribution in [0.1, 0.15) is 31.3 Å². The average Bonchev–Trinajstić information content (AvgIpc) is 3.27. The van der Waals surface area contributed by atoms with E-state index < -0.39 is 41.4 Å². The molecule has 1 aromatic heterocycles. The van der Waals surface area contributed by atoms with Gasteiger partial charge in [-0.3, -0.25) is 4.79 Å². The number of hydrogen-bond donors (Lipinski definition) is 2. The molecule has 0 radical (unpaired) electrons. The highest BCUT2D eigenvalue weighted by Crippen LogP contribution is 2.42. The van der Waals surface area contributed by atoms with Gasteiger partial charge in [-0.25, -0.2) is 9.18 Å². The van der Waals surface area contributed by atoms with Gasteiger partial charge in [0.1, 0.15) is 18.5 Å². The van der Waals surface area contributed by atoms with Crippen molar-refractivity contribution >= 4 is 35.2 Å². The van der Waals surface area contributed by atoms with Gasteiger partial charge in [-0.15, -0.1) is 0 Å². The molecule has 30 heavy (non-hydrogen) atoms. The monoisotopic (exact) mass is 460 g/mol. The molecular weight excluding hydrogens is 442 g/mol. The van der Waals surface area contributed by atoms with Crippen LogP contribution in [-0.4, -0.2) is 55.4 Å². The van der Waals surface area contributed by atoms with Crippen molar-refractivity contribution in [2.24, 2.45) is 0 Å². The van der Waals surface area contributed by atoms with Crippen molar-refractivity contribution in [2.45, 2.75) is 43.1 Å². The summed E-state index contributed by atoms with van der Waals surface area (Å²) in [5.74, 6) is -0.249. The molecule has 3 rings (SSSR count). The third kappa shape index (κ3) is 4.50. The normalized spacial score (nSPS) is 20.5. The number of rotatable bonds is 6. The molecule has 1 fully saturated rings. The lowest BCUT2D eigenvalue weighted by atomic mass is 10.0. The first kappa shape index (κ1) is 22.3. The summed E-state index contributed by atoms with van der Waals surface area (Å²) in [4.78, 5) is 26.9. The molecule has 2 amide bonds. The third-order valence-corrected chi connectivity index (χ3v) is 4.98. The third-order valence-electron chi connectivity index (χ3n) is 4.61. The number of amides is 2. The summed E-state index contributed by atoms with van der Waals surface area (Å²) in [6.07, 6.45) is -1.93. The number of carbonyl (C=O) groups is 2. The molecule has 0 aliphatic carbocycles. The number of ether oxygens (including phenoxy) is 1. The number of nitrogens with one attached hydrogen (secondary N) is 1. The van der Waals surface area contributed by atoms with Crippen molar-refractivity contribution < 1.29 is 28.3 Å². The highest BCUT2D eigenvalue weighted by molar-refractivity contribution is 6.53. The summed E-state index contributed by atoms with van der Waals surface area (Å²) < 4.78 is 25.0. The molecule has 12 heteroatoms. The van der Waals surface area contributed by atoms with Crippen LogP contribution in [0.4, 0.5) is 9.18 Å². The number of alkyl halides is 3. The lowest BCUT2D eigenvalue weighted by molar-refractivity contribution is -0.145. The maximum absolute atomic E-state index is 13.9. The summed E-state index contributed by atoms with van der Waals surface area (Å²) in [6.45, 7) is 2.35. The molecular formula is C18H19Cl2FN4O5. The van der Waals surface area contributed by atoms with Crippen LogP contribution in [0.5, 0.6) is 0 Å². The van der Waals surface area contributed by atoms with Gasteiger partial charge in [-0.2, -0.15) is 4.98 Å². The second kappa shape index (κ2) is 8.75. The molecule has 1 aromatic carbocycles. The van der Waals surface area contributed by atoms with E-state index in [2.05, 4.69) is 15.5 Å². The van der Waals surface area contributed by atoms with Gasteiger partial charge in [0.25, 0.3) is 11.8 Å². The van der Waals surface area contributed by atoms with Gasteiger partial charge in [0.2, 0.25) is 0 Å². The van der Waals surface area contributed by atoms with Crippen LogP contribution >= 0.6 is 23.2 Å². The Morgan fingerprint density at radius 2 is 2.00 bits per heavy atom. The van der Waals surface area contributed by atoms with Crippen LogP contribution in [0.25, 0.3) is 11.5 Å². The smallest absolute Gasteiger partial charge is 0.405 e. The van der Waals surface area contributed by atoms with Crippen molar-refractivity contribution in [3.8, 4) is 11.5 Å². The maximum atomic E-state index is 13.9. The number of halogens is 3. The van der Waals surface area contributed by atoms with E-state index in [0.29, 0.717) is 11.1 Å². The van der Waals surface area contributed by atoms with E-state index in [4.69, 9.17) is 37.6 Å². The Hall–Kier alpha value is -2.43. The van der Waals surface area contributed by atoms with Crippen molar-refractivity contribution in [2.75, 3.05) is 6.67 Å². The number of carboxylic acid groups (broad SMARTS) is 1. The molecule has 2 aromatic rings. The van der Waals surface area contributed by atoms with E-state index in [1.165, 1.54) is 4.90 Å². The Balaban J connectivity index is 1.80. The largest absolute Gasteiger partial charge is 0.465 e. The zero-order chi connectivity index (χ0) is 22.1. The Morgan fingerprint density at radius 3 is 2.57 bits per heavy atom. The first-order valence-corrected chi connectivity index (χ1v) is 9.76. The number of aromatic nitrogens is 2. The minimum Gasteiger partial charge on any atom is -0.465 e. The van der Waals surface area contributed by atoms with Gasteiger partial charge in [0, 0.05) is 5.56 Å².